The lowest BCUT2D eigenvalue weighted by Gasteiger charge is -2.28. The summed E-state index contributed by atoms with van der Waals surface area (Å²) >= 11 is 5.41. The second-order valence-electron chi connectivity index (χ2n) is 5.87. The standard InChI is InChI=1S/C16H18BrNS/c1-16(2)9-11-5-3-4-6-12(11)15(16)18-10-14-13(17)7-8-19-14/h3-8,15,18H,9-10H2,1-2H3. The van der Waals surface area contributed by atoms with Crippen molar-refractivity contribution in [2.24, 2.45) is 5.41 Å². The topological polar surface area (TPSA) is 12.0 Å². The Labute approximate surface area is 127 Å². The first-order chi connectivity index (χ1) is 9.08. The van der Waals surface area contributed by atoms with E-state index in [9.17, 15) is 0 Å². The Morgan fingerprint density at radius 3 is 2.84 bits per heavy atom. The van der Waals surface area contributed by atoms with Gasteiger partial charge in [0.25, 0.3) is 0 Å². The molecule has 0 spiro atoms. The van der Waals surface area contributed by atoms with E-state index in [2.05, 4.69) is 70.8 Å². The van der Waals surface area contributed by atoms with Crippen molar-refractivity contribution < 1.29 is 0 Å². The van der Waals surface area contributed by atoms with E-state index in [0.717, 1.165) is 13.0 Å². The molecule has 1 N–H and O–H groups in total. The molecule has 0 saturated heterocycles. The van der Waals surface area contributed by atoms with Crippen molar-refractivity contribution in [1.29, 1.82) is 0 Å². The van der Waals surface area contributed by atoms with Gasteiger partial charge in [-0.3, -0.25) is 0 Å². The smallest absolute Gasteiger partial charge is 0.0380 e. The van der Waals surface area contributed by atoms with Gasteiger partial charge in [0.1, 0.15) is 0 Å². The lowest BCUT2D eigenvalue weighted by Crippen LogP contribution is -2.30. The third-order valence-electron chi connectivity index (χ3n) is 3.95. The summed E-state index contributed by atoms with van der Waals surface area (Å²) in [7, 11) is 0. The molecule has 100 valence electrons. The van der Waals surface area contributed by atoms with Gasteiger partial charge >= 0.3 is 0 Å². The number of nitrogens with one attached hydrogen (secondary N) is 1. The van der Waals surface area contributed by atoms with E-state index in [1.807, 2.05) is 0 Å². The van der Waals surface area contributed by atoms with Gasteiger partial charge in [0.15, 0.2) is 0 Å². The maximum atomic E-state index is 3.75. The number of hydrogen-bond acceptors (Lipinski definition) is 2. The van der Waals surface area contributed by atoms with Crippen LogP contribution in [-0.2, 0) is 13.0 Å². The van der Waals surface area contributed by atoms with Gasteiger partial charge in [-0.15, -0.1) is 11.3 Å². The highest BCUT2D eigenvalue weighted by atomic mass is 79.9. The SMILES string of the molecule is CC1(C)Cc2ccccc2C1NCc1sccc1Br. The van der Waals surface area contributed by atoms with Crippen molar-refractivity contribution >= 4 is 27.3 Å². The molecular formula is C16H18BrNS. The minimum absolute atomic E-state index is 0.285. The van der Waals surface area contributed by atoms with E-state index in [4.69, 9.17) is 0 Å². The van der Waals surface area contributed by atoms with Gasteiger partial charge in [0.2, 0.25) is 0 Å². The van der Waals surface area contributed by atoms with Crippen LogP contribution in [0.25, 0.3) is 0 Å². The van der Waals surface area contributed by atoms with Crippen LogP contribution in [-0.4, -0.2) is 0 Å². The molecule has 1 aliphatic rings. The van der Waals surface area contributed by atoms with Crippen LogP contribution in [0.1, 0.15) is 35.9 Å². The predicted molar refractivity (Wildman–Crippen MR) is 85.5 cm³/mol. The highest BCUT2D eigenvalue weighted by Gasteiger charge is 2.38. The molecule has 1 aromatic heterocycles. The third-order valence-corrected chi connectivity index (χ3v) is 5.88. The molecule has 1 aromatic carbocycles. The van der Waals surface area contributed by atoms with Crippen LogP contribution in [0.15, 0.2) is 40.2 Å². The Hall–Kier alpha value is -0.640. The molecule has 0 bridgehead atoms. The molecular weight excluding hydrogens is 318 g/mol. The van der Waals surface area contributed by atoms with Gasteiger partial charge in [0.05, 0.1) is 0 Å². The van der Waals surface area contributed by atoms with Crippen LogP contribution in [0.3, 0.4) is 0 Å². The Morgan fingerprint density at radius 1 is 1.32 bits per heavy atom. The van der Waals surface area contributed by atoms with E-state index in [-0.39, 0.29) is 5.41 Å². The van der Waals surface area contributed by atoms with Crippen LogP contribution in [0.5, 0.6) is 0 Å². The zero-order valence-corrected chi connectivity index (χ0v) is 13.6. The van der Waals surface area contributed by atoms with Gasteiger partial charge in [0, 0.05) is 21.9 Å². The molecule has 1 heterocycles. The summed E-state index contributed by atoms with van der Waals surface area (Å²) in [4.78, 5) is 1.38. The Morgan fingerprint density at radius 2 is 2.11 bits per heavy atom. The van der Waals surface area contributed by atoms with Crippen molar-refractivity contribution in [3.05, 3.63) is 56.2 Å². The predicted octanol–water partition coefficient (Wildman–Crippen LogP) is 4.92. The summed E-state index contributed by atoms with van der Waals surface area (Å²) in [5.41, 5.74) is 3.25. The molecule has 1 atom stereocenters. The van der Waals surface area contributed by atoms with Crippen molar-refractivity contribution in [2.45, 2.75) is 32.9 Å². The zero-order valence-electron chi connectivity index (χ0n) is 11.2. The number of benzene rings is 1. The largest absolute Gasteiger partial charge is 0.304 e. The van der Waals surface area contributed by atoms with Crippen LogP contribution < -0.4 is 5.32 Å². The molecule has 0 amide bonds. The van der Waals surface area contributed by atoms with Crippen LogP contribution >= 0.6 is 27.3 Å². The number of hydrogen-bond donors (Lipinski definition) is 1. The van der Waals surface area contributed by atoms with E-state index in [0.29, 0.717) is 6.04 Å². The van der Waals surface area contributed by atoms with Gasteiger partial charge in [-0.1, -0.05) is 38.1 Å². The minimum Gasteiger partial charge on any atom is -0.304 e. The third kappa shape index (κ3) is 2.51. The monoisotopic (exact) mass is 335 g/mol. The van der Waals surface area contributed by atoms with E-state index >= 15 is 0 Å². The molecule has 0 saturated carbocycles. The Balaban J connectivity index is 1.82. The second-order valence-corrected chi connectivity index (χ2v) is 7.72. The molecule has 0 fully saturated rings. The van der Waals surface area contributed by atoms with E-state index < -0.39 is 0 Å². The second kappa shape index (κ2) is 5.04. The van der Waals surface area contributed by atoms with Gasteiger partial charge < -0.3 is 5.32 Å². The van der Waals surface area contributed by atoms with E-state index in [1.54, 1.807) is 11.3 Å². The summed E-state index contributed by atoms with van der Waals surface area (Å²) in [5, 5.41) is 5.89. The zero-order chi connectivity index (χ0) is 13.5. The first-order valence-corrected chi connectivity index (χ1v) is 8.28. The minimum atomic E-state index is 0.285. The average molecular weight is 336 g/mol. The van der Waals surface area contributed by atoms with Crippen molar-refractivity contribution in [2.75, 3.05) is 0 Å². The summed E-state index contributed by atoms with van der Waals surface area (Å²) in [6.45, 7) is 5.64. The molecule has 19 heavy (non-hydrogen) atoms. The van der Waals surface area contributed by atoms with Gasteiger partial charge in [-0.25, -0.2) is 0 Å². The maximum absolute atomic E-state index is 3.75. The molecule has 0 aliphatic heterocycles. The average Bonchev–Trinajstić information content (AvgIpc) is 2.87. The first-order valence-electron chi connectivity index (χ1n) is 6.61. The van der Waals surface area contributed by atoms with Crippen molar-refractivity contribution in [3.8, 4) is 0 Å². The summed E-state index contributed by atoms with van der Waals surface area (Å²) < 4.78 is 1.22. The molecule has 3 rings (SSSR count). The number of fused-ring (bicyclic) bond motifs is 1. The molecule has 0 radical (unpaired) electrons. The molecule has 1 nitrogen and oxygen atoms in total. The van der Waals surface area contributed by atoms with Crippen molar-refractivity contribution in [1.82, 2.24) is 5.32 Å². The highest BCUT2D eigenvalue weighted by Crippen LogP contribution is 2.45. The fourth-order valence-electron chi connectivity index (χ4n) is 3.02. The lowest BCUT2D eigenvalue weighted by molar-refractivity contribution is 0.268. The summed E-state index contributed by atoms with van der Waals surface area (Å²) in [6, 6.07) is 11.4. The molecule has 1 aliphatic carbocycles. The highest BCUT2D eigenvalue weighted by molar-refractivity contribution is 9.10. The van der Waals surface area contributed by atoms with E-state index in [1.165, 1.54) is 20.5 Å². The number of halogens is 1. The quantitative estimate of drug-likeness (QED) is 0.838. The normalized spacial score (nSPS) is 20.5. The van der Waals surface area contributed by atoms with Crippen molar-refractivity contribution in [3.63, 3.8) is 0 Å². The number of rotatable bonds is 3. The summed E-state index contributed by atoms with van der Waals surface area (Å²) in [5.74, 6) is 0. The summed E-state index contributed by atoms with van der Waals surface area (Å²) in [6.07, 6.45) is 1.16. The first kappa shape index (κ1) is 13.3. The Kier molecular flexibility index (Phi) is 3.54. The number of thiophene rings is 1. The molecule has 3 heteroatoms. The lowest BCUT2D eigenvalue weighted by atomic mass is 9.85. The fraction of sp³-hybridized carbons (Fsp3) is 0.375. The maximum Gasteiger partial charge on any atom is 0.0380 e. The molecule has 2 aromatic rings. The Bertz CT molecular complexity index is 588. The van der Waals surface area contributed by atoms with Gasteiger partial charge in [-0.05, 0) is 50.3 Å². The van der Waals surface area contributed by atoms with Crippen LogP contribution in [0.4, 0.5) is 0 Å². The van der Waals surface area contributed by atoms with Crippen LogP contribution in [0, 0.1) is 5.41 Å². The van der Waals surface area contributed by atoms with Gasteiger partial charge in [-0.2, -0.15) is 0 Å². The molecule has 1 unspecified atom stereocenters. The fourth-order valence-corrected chi connectivity index (χ4v) is 4.47. The van der Waals surface area contributed by atoms with Crippen LogP contribution in [0.2, 0.25) is 0 Å².